The van der Waals surface area contributed by atoms with E-state index in [2.05, 4.69) is 0 Å². The molecule has 0 spiro atoms. The molecule has 5 heteroatoms. The van der Waals surface area contributed by atoms with Crippen LogP contribution in [-0.2, 0) is 0 Å². The van der Waals surface area contributed by atoms with Gasteiger partial charge in [0.2, 0.25) is 13.6 Å². The van der Waals surface area contributed by atoms with Gasteiger partial charge >= 0.3 is 0 Å². The quantitative estimate of drug-likeness (QED) is 0.844. The van der Waals surface area contributed by atoms with Gasteiger partial charge in [-0.05, 0) is 37.1 Å². The zero-order valence-corrected chi connectivity index (χ0v) is 11.8. The number of benzene rings is 2. The van der Waals surface area contributed by atoms with Crippen LogP contribution in [0.15, 0.2) is 24.3 Å². The van der Waals surface area contributed by atoms with Crippen molar-refractivity contribution in [2.75, 3.05) is 13.6 Å². The molecule has 0 aromatic heterocycles. The summed E-state index contributed by atoms with van der Waals surface area (Å²) in [6.45, 7) is 4.45. The summed E-state index contributed by atoms with van der Waals surface area (Å²) in [5, 5.41) is 0. The Morgan fingerprint density at radius 1 is 0.667 bits per heavy atom. The highest BCUT2D eigenvalue weighted by Gasteiger charge is 2.19. The summed E-state index contributed by atoms with van der Waals surface area (Å²) in [5.74, 6) is 4.38. The Morgan fingerprint density at radius 2 is 1.05 bits per heavy atom. The maximum Gasteiger partial charge on any atom is 0.231 e. The summed E-state index contributed by atoms with van der Waals surface area (Å²) in [6.07, 6.45) is 0. The Kier molecular flexibility index (Phi) is 2.60. The van der Waals surface area contributed by atoms with Crippen LogP contribution < -0.4 is 23.7 Å². The summed E-state index contributed by atoms with van der Waals surface area (Å²) in [5.41, 5.74) is 1.97. The van der Waals surface area contributed by atoms with Crippen molar-refractivity contribution in [1.82, 2.24) is 0 Å². The number of ether oxygens (including phenoxy) is 5. The van der Waals surface area contributed by atoms with Crippen LogP contribution in [0.5, 0.6) is 34.5 Å². The van der Waals surface area contributed by atoms with Crippen molar-refractivity contribution < 1.29 is 23.7 Å². The van der Waals surface area contributed by atoms with Crippen LogP contribution in [0.1, 0.15) is 11.1 Å². The number of hydrogen-bond donors (Lipinski definition) is 0. The molecule has 0 bridgehead atoms. The van der Waals surface area contributed by atoms with E-state index in [1.165, 1.54) is 0 Å². The van der Waals surface area contributed by atoms with E-state index in [-0.39, 0.29) is 13.6 Å². The van der Waals surface area contributed by atoms with Crippen molar-refractivity contribution >= 4 is 0 Å². The molecule has 5 nitrogen and oxygen atoms in total. The number of fused-ring (bicyclic) bond motifs is 2. The van der Waals surface area contributed by atoms with Gasteiger partial charge in [0, 0.05) is 12.1 Å². The summed E-state index contributed by atoms with van der Waals surface area (Å²) >= 11 is 0. The maximum atomic E-state index is 6.02. The zero-order valence-electron chi connectivity index (χ0n) is 11.8. The Labute approximate surface area is 122 Å². The maximum absolute atomic E-state index is 6.02. The lowest BCUT2D eigenvalue weighted by molar-refractivity contribution is 0.173. The van der Waals surface area contributed by atoms with E-state index < -0.39 is 0 Å². The molecule has 0 aliphatic carbocycles. The van der Waals surface area contributed by atoms with Crippen LogP contribution in [-0.4, -0.2) is 13.6 Å². The Balaban J connectivity index is 1.70. The molecule has 21 heavy (non-hydrogen) atoms. The van der Waals surface area contributed by atoms with Gasteiger partial charge in [0.1, 0.15) is 11.5 Å². The molecule has 0 amide bonds. The van der Waals surface area contributed by atoms with Crippen molar-refractivity contribution in [3.8, 4) is 34.5 Å². The van der Waals surface area contributed by atoms with Gasteiger partial charge in [-0.15, -0.1) is 0 Å². The summed E-state index contributed by atoms with van der Waals surface area (Å²) in [4.78, 5) is 0. The minimum Gasteiger partial charge on any atom is -0.457 e. The van der Waals surface area contributed by atoms with Crippen LogP contribution in [0.4, 0.5) is 0 Å². The van der Waals surface area contributed by atoms with E-state index in [4.69, 9.17) is 23.7 Å². The smallest absolute Gasteiger partial charge is 0.231 e. The molecule has 0 saturated carbocycles. The zero-order chi connectivity index (χ0) is 14.4. The second-order valence-corrected chi connectivity index (χ2v) is 5.04. The van der Waals surface area contributed by atoms with Gasteiger partial charge in [-0.3, -0.25) is 0 Å². The first kappa shape index (κ1) is 12.2. The minimum atomic E-state index is 0.251. The van der Waals surface area contributed by atoms with Gasteiger partial charge in [-0.2, -0.15) is 0 Å². The lowest BCUT2D eigenvalue weighted by Crippen LogP contribution is -1.93. The largest absolute Gasteiger partial charge is 0.457 e. The molecule has 2 aliphatic rings. The lowest BCUT2D eigenvalue weighted by atomic mass is 10.1. The first-order valence-corrected chi connectivity index (χ1v) is 6.69. The van der Waals surface area contributed by atoms with Crippen LogP contribution in [0, 0.1) is 13.8 Å². The molecule has 0 atom stereocenters. The molecule has 0 radical (unpaired) electrons. The first-order chi connectivity index (χ1) is 10.2. The number of rotatable bonds is 2. The van der Waals surface area contributed by atoms with Crippen LogP contribution in [0.2, 0.25) is 0 Å². The van der Waals surface area contributed by atoms with Crippen molar-refractivity contribution in [2.45, 2.75) is 13.8 Å². The molecule has 2 heterocycles. The normalized spacial score (nSPS) is 14.4. The molecule has 4 rings (SSSR count). The topological polar surface area (TPSA) is 46.2 Å². The van der Waals surface area contributed by atoms with Gasteiger partial charge in [0.25, 0.3) is 0 Å². The van der Waals surface area contributed by atoms with Crippen LogP contribution in [0.3, 0.4) is 0 Å². The van der Waals surface area contributed by atoms with Crippen molar-refractivity contribution in [1.29, 1.82) is 0 Å². The van der Waals surface area contributed by atoms with E-state index in [0.29, 0.717) is 11.5 Å². The highest BCUT2D eigenvalue weighted by atomic mass is 16.7. The van der Waals surface area contributed by atoms with Gasteiger partial charge in [-0.25, -0.2) is 0 Å². The van der Waals surface area contributed by atoms with Crippen LogP contribution in [0.25, 0.3) is 0 Å². The molecule has 108 valence electrons. The van der Waals surface area contributed by atoms with Crippen molar-refractivity contribution in [3.63, 3.8) is 0 Å². The summed E-state index contributed by atoms with van der Waals surface area (Å²) < 4.78 is 27.5. The molecule has 0 N–H and O–H groups in total. The Hall–Kier alpha value is -2.56. The lowest BCUT2D eigenvalue weighted by Gasteiger charge is -2.12. The van der Waals surface area contributed by atoms with Crippen molar-refractivity contribution in [2.24, 2.45) is 0 Å². The van der Waals surface area contributed by atoms with Crippen LogP contribution >= 0.6 is 0 Å². The van der Waals surface area contributed by atoms with E-state index in [0.717, 1.165) is 34.1 Å². The third-order valence-corrected chi connectivity index (χ3v) is 3.56. The molecule has 2 aromatic rings. The molecular weight excluding hydrogens is 272 g/mol. The molecule has 0 unspecified atom stereocenters. The Bertz CT molecular complexity index is 662. The molecule has 2 aliphatic heterocycles. The molecular formula is C16H14O5. The monoisotopic (exact) mass is 286 g/mol. The fraction of sp³-hybridized carbons (Fsp3) is 0.250. The SMILES string of the molecule is Cc1cc2c(cc1Oc1cc3c(cc1C)OCO3)OCO2. The number of hydrogen-bond acceptors (Lipinski definition) is 5. The van der Waals surface area contributed by atoms with E-state index in [1.54, 1.807) is 0 Å². The average Bonchev–Trinajstić information content (AvgIpc) is 3.07. The molecule has 0 saturated heterocycles. The highest BCUT2D eigenvalue weighted by molar-refractivity contribution is 5.55. The number of aryl methyl sites for hydroxylation is 2. The van der Waals surface area contributed by atoms with Gasteiger partial charge in [0.05, 0.1) is 0 Å². The van der Waals surface area contributed by atoms with E-state index >= 15 is 0 Å². The van der Waals surface area contributed by atoms with Gasteiger partial charge < -0.3 is 23.7 Å². The third kappa shape index (κ3) is 2.01. The van der Waals surface area contributed by atoms with Gasteiger partial charge in [-0.1, -0.05) is 0 Å². The average molecular weight is 286 g/mol. The van der Waals surface area contributed by atoms with E-state index in [1.807, 2.05) is 38.1 Å². The predicted octanol–water partition coefficient (Wildman–Crippen LogP) is 3.55. The predicted molar refractivity (Wildman–Crippen MR) is 74.7 cm³/mol. The standard InChI is InChI=1S/C16H14O5/c1-9-3-13-15(19-7-17-13)5-11(9)21-12-6-16-14(4-10(12)2)18-8-20-16/h3-6H,7-8H2,1-2H3. The fourth-order valence-electron chi connectivity index (χ4n) is 2.39. The van der Waals surface area contributed by atoms with E-state index in [9.17, 15) is 0 Å². The highest BCUT2D eigenvalue weighted by Crippen LogP contribution is 2.42. The first-order valence-electron chi connectivity index (χ1n) is 6.69. The second-order valence-electron chi connectivity index (χ2n) is 5.04. The molecule has 0 fully saturated rings. The summed E-state index contributed by atoms with van der Waals surface area (Å²) in [6, 6.07) is 7.53. The van der Waals surface area contributed by atoms with Gasteiger partial charge in [0.15, 0.2) is 23.0 Å². The van der Waals surface area contributed by atoms with Crippen molar-refractivity contribution in [3.05, 3.63) is 35.4 Å². The Morgan fingerprint density at radius 3 is 1.48 bits per heavy atom. The second kappa shape index (κ2) is 4.48. The minimum absolute atomic E-state index is 0.251. The molecule has 2 aromatic carbocycles. The fourth-order valence-corrected chi connectivity index (χ4v) is 2.39. The summed E-state index contributed by atoms with van der Waals surface area (Å²) in [7, 11) is 0. The third-order valence-electron chi connectivity index (χ3n) is 3.56.